The monoisotopic (exact) mass is 284 g/mol. The molecular weight excluding hydrogens is 272 g/mol. The van der Waals surface area contributed by atoms with Gasteiger partial charge < -0.3 is 9.84 Å². The predicted octanol–water partition coefficient (Wildman–Crippen LogP) is 3.07. The fraction of sp³-hybridized carbons (Fsp3) is 0.364. The van der Waals surface area contributed by atoms with Crippen LogP contribution in [0.15, 0.2) is 12.1 Å². The molecular formula is C11H12N2O7. The van der Waals surface area contributed by atoms with E-state index in [4.69, 9.17) is 5.11 Å². The van der Waals surface area contributed by atoms with Crippen molar-refractivity contribution < 1.29 is 24.5 Å². The molecule has 0 radical (unpaired) electrons. The number of rotatable bonds is 5. The summed E-state index contributed by atoms with van der Waals surface area (Å²) >= 11 is 0. The van der Waals surface area contributed by atoms with Crippen LogP contribution in [0.25, 0.3) is 0 Å². The molecule has 1 aromatic rings. The van der Waals surface area contributed by atoms with Crippen molar-refractivity contribution in [3.8, 4) is 5.75 Å². The molecule has 1 N–H and O–H groups in total. The minimum absolute atomic E-state index is 0.121. The van der Waals surface area contributed by atoms with Crippen molar-refractivity contribution in [1.29, 1.82) is 0 Å². The minimum Gasteiger partial charge on any atom is -0.449 e. The molecule has 1 unspecified atom stereocenters. The Hall–Kier alpha value is -2.71. The van der Waals surface area contributed by atoms with E-state index in [-0.39, 0.29) is 11.5 Å². The standard InChI is InChI=1S/C11H12N2O7/c1-3-6(2)8-4-7(12(16)17)5-9(13(18)19)10(8)20-11(14)15/h4-6H,3H2,1-2H3,(H,14,15). The van der Waals surface area contributed by atoms with Crippen molar-refractivity contribution in [2.75, 3.05) is 0 Å². The van der Waals surface area contributed by atoms with Crippen LogP contribution in [-0.4, -0.2) is 21.1 Å². The van der Waals surface area contributed by atoms with Crippen LogP contribution in [0.2, 0.25) is 0 Å². The highest BCUT2D eigenvalue weighted by molar-refractivity contribution is 5.68. The minimum atomic E-state index is -1.72. The average molecular weight is 284 g/mol. The van der Waals surface area contributed by atoms with Crippen LogP contribution in [0.3, 0.4) is 0 Å². The lowest BCUT2D eigenvalue weighted by atomic mass is 9.96. The SMILES string of the molecule is CCC(C)c1cc([N+](=O)[O-])cc([N+](=O)[O-])c1OC(=O)O. The van der Waals surface area contributed by atoms with Crippen molar-refractivity contribution in [3.63, 3.8) is 0 Å². The molecule has 9 heteroatoms. The number of benzene rings is 1. The van der Waals surface area contributed by atoms with Crippen LogP contribution in [0, 0.1) is 20.2 Å². The number of non-ortho nitro benzene ring substituents is 1. The molecule has 0 amide bonds. The van der Waals surface area contributed by atoms with Gasteiger partial charge in [-0.15, -0.1) is 0 Å². The lowest BCUT2D eigenvalue weighted by Gasteiger charge is -2.13. The molecule has 0 heterocycles. The number of nitrogens with zero attached hydrogens (tertiary/aromatic N) is 2. The Labute approximate surface area is 113 Å². The zero-order valence-corrected chi connectivity index (χ0v) is 10.7. The van der Waals surface area contributed by atoms with E-state index in [2.05, 4.69) is 4.74 Å². The van der Waals surface area contributed by atoms with Gasteiger partial charge in [-0.05, 0) is 12.3 Å². The summed E-state index contributed by atoms with van der Waals surface area (Å²) in [5, 5.41) is 30.4. The van der Waals surface area contributed by atoms with E-state index >= 15 is 0 Å². The zero-order valence-electron chi connectivity index (χ0n) is 10.7. The highest BCUT2D eigenvalue weighted by Crippen LogP contribution is 2.40. The first-order valence-electron chi connectivity index (χ1n) is 5.65. The maximum Gasteiger partial charge on any atom is 0.511 e. The Morgan fingerprint density at radius 2 is 1.95 bits per heavy atom. The molecule has 0 aromatic heterocycles. The third-order valence-electron chi connectivity index (χ3n) is 2.82. The van der Waals surface area contributed by atoms with Crippen LogP contribution >= 0.6 is 0 Å². The van der Waals surface area contributed by atoms with E-state index in [1.807, 2.05) is 0 Å². The molecule has 1 aromatic carbocycles. The van der Waals surface area contributed by atoms with Gasteiger partial charge in [-0.3, -0.25) is 20.2 Å². The summed E-state index contributed by atoms with van der Waals surface area (Å²) in [6.07, 6.45) is -1.21. The number of hydrogen-bond acceptors (Lipinski definition) is 6. The molecule has 0 fully saturated rings. The van der Waals surface area contributed by atoms with Crippen molar-refractivity contribution in [2.24, 2.45) is 0 Å². The maximum absolute atomic E-state index is 11.0. The van der Waals surface area contributed by atoms with Crippen LogP contribution in [0.4, 0.5) is 16.2 Å². The van der Waals surface area contributed by atoms with Crippen molar-refractivity contribution in [3.05, 3.63) is 37.9 Å². The van der Waals surface area contributed by atoms with Crippen LogP contribution < -0.4 is 4.74 Å². The number of hydrogen-bond donors (Lipinski definition) is 1. The molecule has 9 nitrogen and oxygen atoms in total. The van der Waals surface area contributed by atoms with Gasteiger partial charge in [-0.1, -0.05) is 13.8 Å². The fourth-order valence-corrected chi connectivity index (χ4v) is 1.65. The third-order valence-corrected chi connectivity index (χ3v) is 2.82. The number of carboxylic acid groups (broad SMARTS) is 1. The second-order valence-corrected chi connectivity index (χ2v) is 4.07. The number of nitro groups is 2. The van der Waals surface area contributed by atoms with E-state index in [0.717, 1.165) is 6.07 Å². The van der Waals surface area contributed by atoms with Gasteiger partial charge in [0.05, 0.1) is 15.9 Å². The molecule has 0 aliphatic rings. The van der Waals surface area contributed by atoms with E-state index in [0.29, 0.717) is 12.5 Å². The van der Waals surface area contributed by atoms with Crippen molar-refractivity contribution in [2.45, 2.75) is 26.2 Å². The molecule has 0 saturated carbocycles. The second-order valence-electron chi connectivity index (χ2n) is 4.07. The first-order chi connectivity index (χ1) is 9.27. The smallest absolute Gasteiger partial charge is 0.449 e. The Morgan fingerprint density at radius 1 is 1.35 bits per heavy atom. The third kappa shape index (κ3) is 3.19. The molecule has 1 rings (SSSR count). The van der Waals surface area contributed by atoms with E-state index in [1.54, 1.807) is 13.8 Å². The number of carbonyl (C=O) groups is 1. The van der Waals surface area contributed by atoms with E-state index < -0.39 is 33.1 Å². The maximum atomic E-state index is 11.0. The molecule has 0 aliphatic heterocycles. The number of ether oxygens (including phenoxy) is 1. The zero-order chi connectivity index (χ0) is 15.4. The highest BCUT2D eigenvalue weighted by Gasteiger charge is 2.29. The van der Waals surface area contributed by atoms with Gasteiger partial charge in [0.15, 0.2) is 0 Å². The van der Waals surface area contributed by atoms with Gasteiger partial charge in [-0.25, -0.2) is 4.79 Å². The highest BCUT2D eigenvalue weighted by atomic mass is 16.7. The first-order valence-corrected chi connectivity index (χ1v) is 5.65. The van der Waals surface area contributed by atoms with Crippen molar-refractivity contribution in [1.82, 2.24) is 0 Å². The molecule has 0 aliphatic carbocycles. The summed E-state index contributed by atoms with van der Waals surface area (Å²) in [7, 11) is 0. The van der Waals surface area contributed by atoms with Gasteiger partial charge in [-0.2, -0.15) is 0 Å². The summed E-state index contributed by atoms with van der Waals surface area (Å²) in [6, 6.07) is 1.78. The lowest BCUT2D eigenvalue weighted by molar-refractivity contribution is -0.394. The summed E-state index contributed by atoms with van der Waals surface area (Å²) in [6.45, 7) is 3.43. The molecule has 108 valence electrons. The largest absolute Gasteiger partial charge is 0.511 e. The van der Waals surface area contributed by atoms with Crippen LogP contribution in [-0.2, 0) is 0 Å². The lowest BCUT2D eigenvalue weighted by Crippen LogP contribution is -2.09. The van der Waals surface area contributed by atoms with Gasteiger partial charge in [0, 0.05) is 11.6 Å². The molecule has 20 heavy (non-hydrogen) atoms. The van der Waals surface area contributed by atoms with Crippen LogP contribution in [0.1, 0.15) is 31.7 Å². The van der Waals surface area contributed by atoms with E-state index in [9.17, 15) is 25.0 Å². The molecule has 0 bridgehead atoms. The summed E-state index contributed by atoms with van der Waals surface area (Å²) in [4.78, 5) is 30.7. The topological polar surface area (TPSA) is 133 Å². The Bertz CT molecular complexity index is 570. The molecule has 0 spiro atoms. The van der Waals surface area contributed by atoms with Gasteiger partial charge in [0.25, 0.3) is 5.69 Å². The fourth-order valence-electron chi connectivity index (χ4n) is 1.65. The summed E-state index contributed by atoms with van der Waals surface area (Å²) in [5.41, 5.74) is -1.10. The normalized spacial score (nSPS) is 11.7. The quantitative estimate of drug-likeness (QED) is 0.380. The van der Waals surface area contributed by atoms with Gasteiger partial charge >= 0.3 is 11.8 Å². The Balaban J connectivity index is 3.61. The summed E-state index contributed by atoms with van der Waals surface area (Å²) in [5.74, 6) is -0.801. The Morgan fingerprint density at radius 3 is 2.35 bits per heavy atom. The molecule has 1 atom stereocenters. The average Bonchev–Trinajstić information content (AvgIpc) is 2.36. The van der Waals surface area contributed by atoms with Gasteiger partial charge in [0.2, 0.25) is 5.75 Å². The van der Waals surface area contributed by atoms with Crippen LogP contribution in [0.5, 0.6) is 5.75 Å². The molecule has 0 saturated heterocycles. The summed E-state index contributed by atoms with van der Waals surface area (Å²) < 4.78 is 4.45. The first kappa shape index (κ1) is 15.3. The van der Waals surface area contributed by atoms with Crippen molar-refractivity contribution >= 4 is 17.5 Å². The number of nitro benzene ring substituents is 2. The van der Waals surface area contributed by atoms with E-state index in [1.165, 1.54) is 0 Å². The second kappa shape index (κ2) is 5.95. The predicted molar refractivity (Wildman–Crippen MR) is 67.1 cm³/mol. The van der Waals surface area contributed by atoms with Gasteiger partial charge in [0.1, 0.15) is 0 Å². The Kier molecular flexibility index (Phi) is 4.57.